The molecule has 0 spiro atoms. The van der Waals surface area contributed by atoms with E-state index < -0.39 is 24.5 Å². The molecule has 0 atom stereocenters. The molecule has 5 nitrogen and oxygen atoms in total. The van der Waals surface area contributed by atoms with Gasteiger partial charge in [0.05, 0.1) is 16.9 Å². The van der Waals surface area contributed by atoms with Crippen LogP contribution >= 0.6 is 23.4 Å². The van der Waals surface area contributed by atoms with Gasteiger partial charge in [-0.2, -0.15) is 0 Å². The molecule has 140 valence electrons. The number of amides is 2. The number of carbonyl (C=O) groups excluding carboxylic acids is 3. The molecule has 0 saturated heterocycles. The van der Waals surface area contributed by atoms with Crippen molar-refractivity contribution in [3.8, 4) is 0 Å². The highest BCUT2D eigenvalue weighted by atomic mass is 35.5. The van der Waals surface area contributed by atoms with E-state index in [-0.39, 0.29) is 5.75 Å². The Balaban J connectivity index is 1.39. The predicted octanol–water partition coefficient (Wildman–Crippen LogP) is 4.38. The fourth-order valence-electron chi connectivity index (χ4n) is 3.05. The van der Waals surface area contributed by atoms with E-state index in [1.807, 2.05) is 30.3 Å². The summed E-state index contributed by atoms with van der Waals surface area (Å²) in [6, 6.07) is 17.9. The number of rotatable bonds is 5. The summed E-state index contributed by atoms with van der Waals surface area (Å²) in [4.78, 5) is 38.5. The molecule has 0 N–H and O–H groups in total. The van der Waals surface area contributed by atoms with Gasteiger partial charge in [-0.1, -0.05) is 48.0 Å². The molecule has 1 aliphatic heterocycles. The lowest BCUT2D eigenvalue weighted by Crippen LogP contribution is -2.33. The minimum Gasteiger partial charge on any atom is -0.443 e. The van der Waals surface area contributed by atoms with E-state index in [0.717, 1.165) is 20.6 Å². The van der Waals surface area contributed by atoms with Crippen LogP contribution < -0.4 is 0 Å². The van der Waals surface area contributed by atoms with Gasteiger partial charge < -0.3 is 4.74 Å². The zero-order valence-electron chi connectivity index (χ0n) is 14.6. The van der Waals surface area contributed by atoms with Gasteiger partial charge in [0.1, 0.15) is 0 Å². The van der Waals surface area contributed by atoms with Crippen LogP contribution in [0, 0.1) is 0 Å². The molecule has 0 radical (unpaired) electrons. The fourth-order valence-corrected chi connectivity index (χ4v) is 4.30. The number of hydrogen-bond acceptors (Lipinski definition) is 5. The van der Waals surface area contributed by atoms with Gasteiger partial charge in [-0.25, -0.2) is 4.90 Å². The van der Waals surface area contributed by atoms with Crippen LogP contribution in [0.5, 0.6) is 0 Å². The molecule has 0 aromatic heterocycles. The van der Waals surface area contributed by atoms with Crippen molar-refractivity contribution in [2.75, 3.05) is 12.5 Å². The SMILES string of the molecule is O=C(CSc1cccc2cccc(Cl)c12)OCN1C(=O)c2ccccc2C1=O. The molecule has 0 unspecified atom stereocenters. The first kappa shape index (κ1) is 18.5. The van der Waals surface area contributed by atoms with Crippen molar-refractivity contribution in [2.24, 2.45) is 0 Å². The average molecular weight is 412 g/mol. The van der Waals surface area contributed by atoms with E-state index in [4.69, 9.17) is 16.3 Å². The van der Waals surface area contributed by atoms with Crippen molar-refractivity contribution in [3.63, 3.8) is 0 Å². The lowest BCUT2D eigenvalue weighted by atomic mass is 10.1. The lowest BCUT2D eigenvalue weighted by Gasteiger charge is -2.14. The monoisotopic (exact) mass is 411 g/mol. The molecule has 1 aliphatic rings. The summed E-state index contributed by atoms with van der Waals surface area (Å²) < 4.78 is 5.15. The number of benzene rings is 3. The van der Waals surface area contributed by atoms with E-state index in [1.165, 1.54) is 11.8 Å². The van der Waals surface area contributed by atoms with Crippen molar-refractivity contribution >= 4 is 51.9 Å². The Labute approximate surface area is 170 Å². The molecule has 2 amide bonds. The van der Waals surface area contributed by atoms with Gasteiger partial charge in [0, 0.05) is 15.3 Å². The highest BCUT2D eigenvalue weighted by molar-refractivity contribution is 8.00. The number of hydrogen-bond donors (Lipinski definition) is 0. The minimum atomic E-state index is -0.523. The Kier molecular flexibility index (Phi) is 5.07. The van der Waals surface area contributed by atoms with Gasteiger partial charge in [-0.3, -0.25) is 14.4 Å². The van der Waals surface area contributed by atoms with E-state index in [1.54, 1.807) is 30.3 Å². The second-order valence-corrected chi connectivity index (χ2v) is 7.54. The molecule has 0 aliphatic carbocycles. The number of imide groups is 1. The highest BCUT2D eigenvalue weighted by Gasteiger charge is 2.35. The first-order valence-electron chi connectivity index (χ1n) is 8.47. The summed E-state index contributed by atoms with van der Waals surface area (Å²) in [6.45, 7) is -0.401. The van der Waals surface area contributed by atoms with Crippen molar-refractivity contribution < 1.29 is 19.1 Å². The first-order chi connectivity index (χ1) is 13.6. The molecule has 28 heavy (non-hydrogen) atoms. The van der Waals surface area contributed by atoms with Gasteiger partial charge >= 0.3 is 5.97 Å². The molecule has 7 heteroatoms. The Morgan fingerprint density at radius 1 is 0.929 bits per heavy atom. The highest BCUT2D eigenvalue weighted by Crippen LogP contribution is 2.33. The topological polar surface area (TPSA) is 63.7 Å². The van der Waals surface area contributed by atoms with E-state index in [2.05, 4.69) is 0 Å². The Hall–Kier alpha value is -2.83. The maximum Gasteiger partial charge on any atom is 0.318 e. The van der Waals surface area contributed by atoms with Crippen molar-refractivity contribution in [3.05, 3.63) is 76.8 Å². The summed E-state index contributed by atoms with van der Waals surface area (Å²) in [6.07, 6.45) is 0. The van der Waals surface area contributed by atoms with Crippen LogP contribution in [0.15, 0.2) is 65.6 Å². The van der Waals surface area contributed by atoms with E-state index >= 15 is 0 Å². The van der Waals surface area contributed by atoms with Crippen LogP contribution in [0.25, 0.3) is 10.8 Å². The largest absolute Gasteiger partial charge is 0.443 e. The van der Waals surface area contributed by atoms with Gasteiger partial charge in [-0.05, 0) is 29.7 Å². The molecular weight excluding hydrogens is 398 g/mol. The number of ether oxygens (including phenoxy) is 1. The number of fused-ring (bicyclic) bond motifs is 2. The smallest absolute Gasteiger partial charge is 0.318 e. The number of halogens is 1. The normalized spacial score (nSPS) is 13.1. The summed E-state index contributed by atoms with van der Waals surface area (Å²) in [5.74, 6) is -1.40. The zero-order chi connectivity index (χ0) is 19.7. The standard InChI is InChI=1S/C21H14ClNO4S/c22-16-9-3-5-13-6-4-10-17(19(13)16)28-11-18(24)27-12-23-20(25)14-7-1-2-8-15(14)21(23)26/h1-10H,11-12H2. The molecule has 4 rings (SSSR count). The summed E-state index contributed by atoms with van der Waals surface area (Å²) in [7, 11) is 0. The summed E-state index contributed by atoms with van der Waals surface area (Å²) in [5.41, 5.74) is 0.645. The molecule has 3 aromatic carbocycles. The number of carbonyl (C=O) groups is 3. The Morgan fingerprint density at radius 2 is 1.57 bits per heavy atom. The third kappa shape index (κ3) is 3.37. The Bertz CT molecular complexity index is 1070. The van der Waals surface area contributed by atoms with Crippen LogP contribution in [-0.4, -0.2) is 35.2 Å². The van der Waals surface area contributed by atoms with Gasteiger partial charge in [0.2, 0.25) is 0 Å². The zero-order valence-corrected chi connectivity index (χ0v) is 16.1. The third-order valence-corrected chi connectivity index (χ3v) is 5.74. The number of esters is 1. The van der Waals surface area contributed by atoms with Crippen molar-refractivity contribution in [2.45, 2.75) is 4.90 Å². The molecule has 0 fully saturated rings. The van der Waals surface area contributed by atoms with Crippen molar-refractivity contribution in [1.29, 1.82) is 0 Å². The second kappa shape index (κ2) is 7.66. The predicted molar refractivity (Wildman–Crippen MR) is 108 cm³/mol. The minimum absolute atomic E-state index is 0.0352. The van der Waals surface area contributed by atoms with E-state index in [0.29, 0.717) is 16.1 Å². The van der Waals surface area contributed by atoms with Gasteiger partial charge in [-0.15, -0.1) is 11.8 Å². The van der Waals surface area contributed by atoms with Crippen LogP contribution in [0.4, 0.5) is 0 Å². The quantitative estimate of drug-likeness (QED) is 0.354. The fraction of sp³-hybridized carbons (Fsp3) is 0.0952. The molecule has 3 aromatic rings. The lowest BCUT2D eigenvalue weighted by molar-refractivity contribution is -0.142. The average Bonchev–Trinajstić information content (AvgIpc) is 2.95. The van der Waals surface area contributed by atoms with Gasteiger partial charge in [0.25, 0.3) is 11.8 Å². The number of thioether (sulfide) groups is 1. The number of nitrogens with zero attached hydrogens (tertiary/aromatic N) is 1. The Morgan fingerprint density at radius 3 is 2.25 bits per heavy atom. The molecule has 0 bridgehead atoms. The maximum absolute atomic E-state index is 12.3. The second-order valence-electron chi connectivity index (χ2n) is 6.11. The molecule has 1 heterocycles. The third-order valence-electron chi connectivity index (χ3n) is 4.39. The summed E-state index contributed by atoms with van der Waals surface area (Å²) >= 11 is 7.59. The van der Waals surface area contributed by atoms with Crippen LogP contribution in [-0.2, 0) is 9.53 Å². The molecular formula is C21H14ClNO4S. The van der Waals surface area contributed by atoms with Crippen molar-refractivity contribution in [1.82, 2.24) is 4.90 Å². The maximum atomic E-state index is 12.3. The van der Waals surface area contributed by atoms with Crippen LogP contribution in [0.3, 0.4) is 0 Å². The molecule has 0 saturated carbocycles. The van der Waals surface area contributed by atoms with Crippen LogP contribution in [0.1, 0.15) is 20.7 Å². The first-order valence-corrected chi connectivity index (χ1v) is 9.83. The summed E-state index contributed by atoms with van der Waals surface area (Å²) in [5, 5.41) is 2.47. The van der Waals surface area contributed by atoms with E-state index in [9.17, 15) is 14.4 Å². The van der Waals surface area contributed by atoms with Gasteiger partial charge in [0.15, 0.2) is 6.73 Å². The van der Waals surface area contributed by atoms with Crippen LogP contribution in [0.2, 0.25) is 5.02 Å².